The van der Waals surface area contributed by atoms with E-state index in [1.165, 1.54) is 0 Å². The molecular formula is C24H30N8O2S2. The number of imidazole rings is 1. The lowest BCUT2D eigenvalue weighted by Crippen LogP contribution is -2.39. The highest BCUT2D eigenvalue weighted by Gasteiger charge is 2.20. The van der Waals surface area contributed by atoms with Crippen molar-refractivity contribution in [3.05, 3.63) is 42.2 Å². The molecule has 12 heteroatoms. The van der Waals surface area contributed by atoms with Gasteiger partial charge in [-0.05, 0) is 44.9 Å². The number of aromatic nitrogens is 4. The molecule has 4 aromatic rings. The Kier molecular flexibility index (Phi) is 7.35. The van der Waals surface area contributed by atoms with E-state index in [9.17, 15) is 8.42 Å². The fourth-order valence-electron chi connectivity index (χ4n) is 4.36. The molecule has 1 aromatic carbocycles. The second-order valence-electron chi connectivity index (χ2n) is 9.23. The van der Waals surface area contributed by atoms with Gasteiger partial charge in [0.15, 0.2) is 10.7 Å². The predicted molar refractivity (Wildman–Crippen MR) is 147 cm³/mol. The maximum atomic E-state index is 11.0. The minimum atomic E-state index is -2.37. The molecule has 1 fully saturated rings. The minimum absolute atomic E-state index is 0.138. The van der Waals surface area contributed by atoms with E-state index in [4.69, 9.17) is 0 Å². The smallest absolute Gasteiger partial charge is 0.153 e. The van der Waals surface area contributed by atoms with E-state index in [1.54, 1.807) is 17.5 Å². The van der Waals surface area contributed by atoms with Crippen molar-refractivity contribution >= 4 is 55.3 Å². The second kappa shape index (κ2) is 10.8. The lowest BCUT2D eigenvalue weighted by atomic mass is 10.1. The summed E-state index contributed by atoms with van der Waals surface area (Å²) in [6.45, 7) is 5.72. The van der Waals surface area contributed by atoms with Crippen LogP contribution < -0.4 is 16.0 Å². The van der Waals surface area contributed by atoms with Crippen molar-refractivity contribution in [1.82, 2.24) is 24.8 Å². The summed E-state index contributed by atoms with van der Waals surface area (Å²) in [5, 5.41) is 10.4. The number of nitrogens with one attached hydrogen (secondary N) is 4. The van der Waals surface area contributed by atoms with Gasteiger partial charge in [0.1, 0.15) is 17.5 Å². The number of aromatic amines is 1. The van der Waals surface area contributed by atoms with Crippen LogP contribution in [0.2, 0.25) is 0 Å². The fraction of sp³-hybridized carbons (Fsp3) is 0.375. The van der Waals surface area contributed by atoms with Gasteiger partial charge >= 0.3 is 0 Å². The lowest BCUT2D eigenvalue weighted by molar-refractivity contribution is 0.250. The number of hydrogen-bond acceptors (Lipinski definition) is 10. The van der Waals surface area contributed by atoms with E-state index in [0.717, 1.165) is 70.5 Å². The van der Waals surface area contributed by atoms with Crippen LogP contribution in [0.15, 0.2) is 42.2 Å². The van der Waals surface area contributed by atoms with Crippen LogP contribution in [0.3, 0.4) is 0 Å². The number of fused-ring (bicyclic) bond motifs is 1. The zero-order valence-corrected chi connectivity index (χ0v) is 21.9. The van der Waals surface area contributed by atoms with Crippen LogP contribution in [0.5, 0.6) is 0 Å². The topological polar surface area (TPSA) is 128 Å². The number of anilines is 4. The molecule has 0 bridgehead atoms. The zero-order chi connectivity index (χ0) is 25.1. The third-order valence-corrected chi connectivity index (χ3v) is 7.47. The van der Waals surface area contributed by atoms with Crippen LogP contribution in [0.4, 0.5) is 23.0 Å². The van der Waals surface area contributed by atoms with E-state index >= 15 is 0 Å². The number of rotatable bonds is 9. The van der Waals surface area contributed by atoms with Crippen LogP contribution in [-0.2, 0) is 10.7 Å². The summed E-state index contributed by atoms with van der Waals surface area (Å²) < 4.78 is 23.1. The molecule has 4 N–H and O–H groups in total. The Balaban J connectivity index is 1.30. The Bertz CT molecular complexity index is 1400. The molecule has 190 valence electrons. The number of hydrogen-bond donors (Lipinski definition) is 5. The van der Waals surface area contributed by atoms with Crippen molar-refractivity contribution in [1.29, 1.82) is 0 Å². The molecule has 0 aliphatic carbocycles. The number of likely N-dealkylation sites (tertiary alicyclic amines) is 1. The molecule has 5 rings (SSSR count). The van der Waals surface area contributed by atoms with Crippen LogP contribution in [0.25, 0.3) is 21.6 Å². The number of nitrogens with zero attached hydrogens (tertiary/aromatic N) is 4. The third-order valence-electron chi connectivity index (χ3n) is 6.05. The zero-order valence-electron chi connectivity index (χ0n) is 20.2. The molecule has 0 atom stereocenters. The fourth-order valence-corrected chi connectivity index (χ4v) is 5.68. The Morgan fingerprint density at radius 2 is 1.97 bits per heavy atom. The van der Waals surface area contributed by atoms with Crippen LogP contribution in [0.1, 0.15) is 26.7 Å². The monoisotopic (exact) mass is 526 g/mol. The van der Waals surface area contributed by atoms with Crippen molar-refractivity contribution in [3.63, 3.8) is 0 Å². The summed E-state index contributed by atoms with van der Waals surface area (Å²) in [5.74, 6) is 2.45. The summed E-state index contributed by atoms with van der Waals surface area (Å²) in [5.41, 5.74) is 5.61. The number of piperidine rings is 1. The van der Waals surface area contributed by atoms with Gasteiger partial charge in [0.2, 0.25) is 0 Å². The minimum Gasteiger partial charge on any atom is -0.382 e. The van der Waals surface area contributed by atoms with E-state index in [-0.39, 0.29) is 18.0 Å². The first kappa shape index (κ1) is 24.5. The summed E-state index contributed by atoms with van der Waals surface area (Å²) >= 11 is 1.61. The van der Waals surface area contributed by atoms with Crippen molar-refractivity contribution in [2.24, 2.45) is 0 Å². The Morgan fingerprint density at radius 3 is 2.75 bits per heavy atom. The van der Waals surface area contributed by atoms with E-state index < -0.39 is 10.7 Å². The maximum Gasteiger partial charge on any atom is 0.153 e. The lowest BCUT2D eigenvalue weighted by Gasteiger charge is -2.30. The number of benzene rings is 1. The quantitative estimate of drug-likeness (QED) is 0.205. The number of thiazole rings is 1. The maximum absolute atomic E-state index is 11.0. The molecule has 10 nitrogen and oxygen atoms in total. The second-order valence-corrected chi connectivity index (χ2v) is 11.1. The normalized spacial score (nSPS) is 15.1. The molecule has 1 saturated heterocycles. The van der Waals surface area contributed by atoms with E-state index in [2.05, 4.69) is 55.8 Å². The molecule has 1 aliphatic heterocycles. The van der Waals surface area contributed by atoms with E-state index in [1.807, 2.05) is 34.8 Å². The highest BCUT2D eigenvalue weighted by molar-refractivity contribution is 7.72. The standard InChI is InChI=1S/C24H30N8O2S2/c1-15(2)28-20-10-22(30-17-3-4-19-21(9-17)35-13-27-19)25-11-18(20)24-26-12-23(31-24)29-16-5-7-32(8-6-16)14-36(33)34/h3-4,9-13,15-16,29,36H,5-8,14H2,1-2H3,(H,26,31)(H2,25,28,30). The van der Waals surface area contributed by atoms with Crippen LogP contribution in [-0.4, -0.2) is 64.3 Å². The Labute approximate surface area is 215 Å². The number of H-pyrrole nitrogens is 1. The largest absolute Gasteiger partial charge is 0.382 e. The molecule has 1 aliphatic rings. The average Bonchev–Trinajstić information content (AvgIpc) is 3.49. The first-order valence-electron chi connectivity index (χ1n) is 12.0. The van der Waals surface area contributed by atoms with Crippen LogP contribution >= 0.6 is 11.3 Å². The molecule has 36 heavy (non-hydrogen) atoms. The molecule has 4 heterocycles. The Hall–Kier alpha value is -3.22. The predicted octanol–water partition coefficient (Wildman–Crippen LogP) is 4.09. The van der Waals surface area contributed by atoms with Gasteiger partial charge in [-0.3, -0.25) is 4.90 Å². The number of pyridine rings is 1. The number of thiol groups is 1. The average molecular weight is 527 g/mol. The van der Waals surface area contributed by atoms with Gasteiger partial charge in [-0.25, -0.2) is 23.4 Å². The highest BCUT2D eigenvalue weighted by atomic mass is 32.2. The molecule has 0 spiro atoms. The molecule has 0 amide bonds. The highest BCUT2D eigenvalue weighted by Crippen LogP contribution is 2.31. The molecular weight excluding hydrogens is 496 g/mol. The van der Waals surface area contributed by atoms with E-state index in [0.29, 0.717) is 0 Å². The first-order chi connectivity index (χ1) is 17.4. The van der Waals surface area contributed by atoms with Crippen molar-refractivity contribution < 1.29 is 8.42 Å². The SMILES string of the molecule is CC(C)Nc1cc(Nc2ccc3ncsc3c2)ncc1-c1ncc(NC2CCN(C[SH](=O)=O)CC2)[nH]1. The van der Waals surface area contributed by atoms with Crippen molar-refractivity contribution in [3.8, 4) is 11.4 Å². The van der Waals surface area contributed by atoms with Crippen molar-refractivity contribution in [2.45, 2.75) is 38.8 Å². The molecule has 0 saturated carbocycles. The third kappa shape index (κ3) is 5.94. The van der Waals surface area contributed by atoms with Crippen molar-refractivity contribution in [2.75, 3.05) is 34.9 Å². The summed E-state index contributed by atoms with van der Waals surface area (Å²) in [6, 6.07) is 8.58. The summed E-state index contributed by atoms with van der Waals surface area (Å²) in [4.78, 5) is 18.9. The summed E-state index contributed by atoms with van der Waals surface area (Å²) in [7, 11) is -2.37. The Morgan fingerprint density at radius 1 is 1.14 bits per heavy atom. The van der Waals surface area contributed by atoms with Gasteiger partial charge < -0.3 is 20.9 Å². The first-order valence-corrected chi connectivity index (χ1v) is 14.2. The van der Waals surface area contributed by atoms with Gasteiger partial charge in [-0.2, -0.15) is 0 Å². The molecule has 0 unspecified atom stereocenters. The van der Waals surface area contributed by atoms with Gasteiger partial charge in [0.05, 0.1) is 39.1 Å². The molecule has 0 radical (unpaired) electrons. The summed E-state index contributed by atoms with van der Waals surface area (Å²) in [6.07, 6.45) is 5.38. The van der Waals surface area contributed by atoms with Gasteiger partial charge in [0, 0.05) is 43.1 Å². The van der Waals surface area contributed by atoms with Gasteiger partial charge in [-0.1, -0.05) is 0 Å². The molecule has 3 aromatic heterocycles. The van der Waals surface area contributed by atoms with Crippen LogP contribution in [0, 0.1) is 0 Å². The van der Waals surface area contributed by atoms with Gasteiger partial charge in [0.25, 0.3) is 0 Å². The van der Waals surface area contributed by atoms with Gasteiger partial charge in [-0.15, -0.1) is 11.3 Å².